The van der Waals surface area contributed by atoms with E-state index < -0.39 is 0 Å². The molecule has 3 heterocycles. The molecular formula is C21H22N8O. The molecule has 0 radical (unpaired) electrons. The van der Waals surface area contributed by atoms with Gasteiger partial charge in [-0.3, -0.25) is 10.3 Å². The molecule has 9 heteroatoms. The molecule has 0 unspecified atom stereocenters. The number of nitrogens with one attached hydrogen (secondary N) is 4. The van der Waals surface area contributed by atoms with E-state index >= 15 is 0 Å². The van der Waals surface area contributed by atoms with Crippen LogP contribution in [0, 0.1) is 0 Å². The Morgan fingerprint density at radius 3 is 2.70 bits per heavy atom. The second-order valence-electron chi connectivity index (χ2n) is 6.59. The van der Waals surface area contributed by atoms with Crippen molar-refractivity contribution >= 4 is 29.0 Å². The third-order valence-electron chi connectivity index (χ3n) is 4.43. The Balaban J connectivity index is 1.41. The van der Waals surface area contributed by atoms with E-state index in [2.05, 4.69) is 40.9 Å². The number of anilines is 2. The quantitative estimate of drug-likeness (QED) is 0.377. The van der Waals surface area contributed by atoms with Crippen molar-refractivity contribution in [1.29, 1.82) is 0 Å². The summed E-state index contributed by atoms with van der Waals surface area (Å²) in [6.07, 6.45) is 6.14. The number of benzene rings is 1. The van der Waals surface area contributed by atoms with Gasteiger partial charge in [0.1, 0.15) is 0 Å². The molecule has 0 bridgehead atoms. The molecule has 9 nitrogen and oxygen atoms in total. The number of aromatic nitrogens is 5. The van der Waals surface area contributed by atoms with Crippen molar-refractivity contribution in [3.8, 4) is 11.1 Å². The predicted octanol–water partition coefficient (Wildman–Crippen LogP) is 3.21. The van der Waals surface area contributed by atoms with Gasteiger partial charge in [-0.1, -0.05) is 12.1 Å². The summed E-state index contributed by atoms with van der Waals surface area (Å²) in [5.41, 5.74) is 4.43. The number of amides is 2. The van der Waals surface area contributed by atoms with Crippen molar-refractivity contribution < 1.29 is 4.79 Å². The monoisotopic (exact) mass is 402 g/mol. The SMILES string of the molecule is CCNC(=O)Nc1nc2cc(-c3cnc(NCCc4ccccn4)nc3)ccc2[nH]1. The van der Waals surface area contributed by atoms with Gasteiger partial charge in [0, 0.05) is 49.4 Å². The van der Waals surface area contributed by atoms with Crippen LogP contribution in [-0.4, -0.2) is 44.0 Å². The third-order valence-corrected chi connectivity index (χ3v) is 4.43. The van der Waals surface area contributed by atoms with Crippen molar-refractivity contribution in [3.05, 3.63) is 60.7 Å². The highest BCUT2D eigenvalue weighted by molar-refractivity contribution is 5.90. The Kier molecular flexibility index (Phi) is 5.79. The Morgan fingerprint density at radius 1 is 1.07 bits per heavy atom. The van der Waals surface area contributed by atoms with E-state index in [1.807, 2.05) is 43.3 Å². The molecule has 1 aromatic carbocycles. The molecule has 4 N–H and O–H groups in total. The van der Waals surface area contributed by atoms with Crippen LogP contribution in [0.5, 0.6) is 0 Å². The van der Waals surface area contributed by atoms with E-state index in [0.717, 1.165) is 34.3 Å². The molecule has 0 saturated carbocycles. The van der Waals surface area contributed by atoms with Crippen molar-refractivity contribution in [2.75, 3.05) is 23.7 Å². The molecule has 0 atom stereocenters. The Labute approximate surface area is 173 Å². The minimum atomic E-state index is -0.295. The van der Waals surface area contributed by atoms with Gasteiger partial charge >= 0.3 is 6.03 Å². The van der Waals surface area contributed by atoms with Gasteiger partial charge < -0.3 is 15.6 Å². The lowest BCUT2D eigenvalue weighted by Crippen LogP contribution is -2.28. The molecule has 2 amide bonds. The van der Waals surface area contributed by atoms with Crippen molar-refractivity contribution in [2.45, 2.75) is 13.3 Å². The zero-order valence-corrected chi connectivity index (χ0v) is 16.5. The highest BCUT2D eigenvalue weighted by Gasteiger charge is 2.08. The second kappa shape index (κ2) is 8.99. The molecule has 3 aromatic heterocycles. The zero-order chi connectivity index (χ0) is 20.8. The maximum Gasteiger partial charge on any atom is 0.321 e. The number of nitrogens with zero attached hydrogens (tertiary/aromatic N) is 4. The lowest BCUT2D eigenvalue weighted by atomic mass is 10.1. The van der Waals surface area contributed by atoms with Gasteiger partial charge in [-0.25, -0.2) is 19.7 Å². The first kappa shape index (κ1) is 19.3. The van der Waals surface area contributed by atoms with E-state index in [0.29, 0.717) is 25.0 Å². The summed E-state index contributed by atoms with van der Waals surface area (Å²) < 4.78 is 0. The molecule has 30 heavy (non-hydrogen) atoms. The number of hydrogen-bond donors (Lipinski definition) is 4. The van der Waals surface area contributed by atoms with Crippen LogP contribution < -0.4 is 16.0 Å². The maximum absolute atomic E-state index is 11.7. The van der Waals surface area contributed by atoms with Crippen LogP contribution in [0.4, 0.5) is 16.7 Å². The first-order valence-electron chi connectivity index (χ1n) is 9.72. The minimum absolute atomic E-state index is 0.295. The van der Waals surface area contributed by atoms with Crippen LogP contribution >= 0.6 is 0 Å². The van der Waals surface area contributed by atoms with Crippen LogP contribution in [0.1, 0.15) is 12.6 Å². The number of imidazole rings is 1. The largest absolute Gasteiger partial charge is 0.354 e. The summed E-state index contributed by atoms with van der Waals surface area (Å²) in [7, 11) is 0. The topological polar surface area (TPSA) is 121 Å². The smallest absolute Gasteiger partial charge is 0.321 e. The van der Waals surface area contributed by atoms with Gasteiger partial charge in [0.2, 0.25) is 11.9 Å². The highest BCUT2D eigenvalue weighted by Crippen LogP contribution is 2.23. The van der Waals surface area contributed by atoms with E-state index in [1.54, 1.807) is 18.6 Å². The highest BCUT2D eigenvalue weighted by atomic mass is 16.2. The summed E-state index contributed by atoms with van der Waals surface area (Å²) in [6.45, 7) is 3.11. The summed E-state index contributed by atoms with van der Waals surface area (Å²) in [4.78, 5) is 32.2. The number of carbonyl (C=O) groups excluding carboxylic acids is 1. The Hall–Kier alpha value is -4.01. The lowest BCUT2D eigenvalue weighted by Gasteiger charge is -2.06. The number of H-pyrrole nitrogens is 1. The molecular weight excluding hydrogens is 380 g/mol. The molecule has 0 aliphatic carbocycles. The number of aromatic amines is 1. The summed E-state index contributed by atoms with van der Waals surface area (Å²) in [5, 5.41) is 8.55. The van der Waals surface area contributed by atoms with Crippen LogP contribution in [0.2, 0.25) is 0 Å². The molecule has 152 valence electrons. The standard InChI is InChI=1S/C21H22N8O/c1-2-22-21(30)29-20-27-17-7-6-14(11-18(17)28-20)15-12-25-19(26-13-15)24-10-8-16-5-3-4-9-23-16/h3-7,9,11-13H,2,8,10H2,1H3,(H,24,25,26)(H3,22,27,28,29,30). The first-order valence-corrected chi connectivity index (χ1v) is 9.72. The number of carbonyl (C=O) groups is 1. The number of pyridine rings is 1. The van der Waals surface area contributed by atoms with Crippen molar-refractivity contribution in [1.82, 2.24) is 30.2 Å². The normalized spacial score (nSPS) is 10.7. The number of hydrogen-bond acceptors (Lipinski definition) is 6. The van der Waals surface area contributed by atoms with E-state index in [4.69, 9.17) is 0 Å². The Bertz CT molecular complexity index is 1120. The van der Waals surface area contributed by atoms with Crippen LogP contribution in [0.3, 0.4) is 0 Å². The van der Waals surface area contributed by atoms with Gasteiger partial charge in [-0.2, -0.15) is 0 Å². The molecule has 0 spiro atoms. The zero-order valence-electron chi connectivity index (χ0n) is 16.5. The fourth-order valence-electron chi connectivity index (χ4n) is 2.97. The summed E-state index contributed by atoms with van der Waals surface area (Å²) in [5.74, 6) is 0.973. The van der Waals surface area contributed by atoms with E-state index in [1.165, 1.54) is 0 Å². The minimum Gasteiger partial charge on any atom is -0.354 e. The fourth-order valence-corrected chi connectivity index (χ4v) is 2.97. The van der Waals surface area contributed by atoms with Crippen LogP contribution in [0.15, 0.2) is 55.0 Å². The number of urea groups is 1. The van der Waals surface area contributed by atoms with Gasteiger partial charge in [-0.05, 0) is 36.8 Å². The average Bonchev–Trinajstić information content (AvgIpc) is 3.16. The molecule has 4 rings (SSSR count). The van der Waals surface area contributed by atoms with Crippen molar-refractivity contribution in [3.63, 3.8) is 0 Å². The van der Waals surface area contributed by atoms with Crippen molar-refractivity contribution in [2.24, 2.45) is 0 Å². The first-order chi connectivity index (χ1) is 14.7. The van der Waals surface area contributed by atoms with Crippen LogP contribution in [0.25, 0.3) is 22.2 Å². The predicted molar refractivity (Wildman–Crippen MR) is 116 cm³/mol. The molecule has 0 aliphatic heterocycles. The van der Waals surface area contributed by atoms with E-state index in [-0.39, 0.29) is 6.03 Å². The molecule has 0 aliphatic rings. The lowest BCUT2D eigenvalue weighted by molar-refractivity contribution is 0.252. The number of fused-ring (bicyclic) bond motifs is 1. The third kappa shape index (κ3) is 4.69. The second-order valence-corrected chi connectivity index (χ2v) is 6.59. The van der Waals surface area contributed by atoms with Gasteiger partial charge in [0.15, 0.2) is 0 Å². The molecule has 0 saturated heterocycles. The summed E-state index contributed by atoms with van der Waals surface area (Å²) in [6, 6.07) is 11.4. The Morgan fingerprint density at radius 2 is 1.93 bits per heavy atom. The van der Waals surface area contributed by atoms with Gasteiger partial charge in [-0.15, -0.1) is 0 Å². The van der Waals surface area contributed by atoms with Gasteiger partial charge in [0.25, 0.3) is 0 Å². The van der Waals surface area contributed by atoms with Crippen LogP contribution in [-0.2, 0) is 6.42 Å². The molecule has 0 fully saturated rings. The number of rotatable bonds is 7. The average molecular weight is 402 g/mol. The maximum atomic E-state index is 11.7. The summed E-state index contributed by atoms with van der Waals surface area (Å²) >= 11 is 0. The van der Waals surface area contributed by atoms with E-state index in [9.17, 15) is 4.79 Å². The van der Waals surface area contributed by atoms with Gasteiger partial charge in [0.05, 0.1) is 11.0 Å². The molecule has 4 aromatic rings. The fraction of sp³-hybridized carbons (Fsp3) is 0.190.